The normalized spacial score (nSPS) is 19.4. The molecule has 206 valence electrons. The number of anilines is 1. The molecular formula is C25H35F3N4O4S. The number of alkyl halides is 3. The van der Waals surface area contributed by atoms with Gasteiger partial charge in [0.05, 0.1) is 18.1 Å². The molecule has 0 bridgehead atoms. The molecule has 0 radical (unpaired) electrons. The van der Waals surface area contributed by atoms with Gasteiger partial charge in [0, 0.05) is 42.2 Å². The van der Waals surface area contributed by atoms with Gasteiger partial charge in [0.15, 0.2) is 5.69 Å². The number of hydrogen-bond donors (Lipinski definition) is 2. The molecule has 1 aromatic heterocycles. The number of hydrogen-bond acceptors (Lipinski definition) is 6. The summed E-state index contributed by atoms with van der Waals surface area (Å²) in [6.07, 6.45) is -0.462. The summed E-state index contributed by atoms with van der Waals surface area (Å²) in [5.74, 6) is 0.230. The lowest BCUT2D eigenvalue weighted by molar-refractivity contribution is -0.138. The molecule has 2 N–H and O–H groups in total. The van der Waals surface area contributed by atoms with Gasteiger partial charge in [-0.15, -0.1) is 0 Å². The fraction of sp³-hybridized carbons (Fsp3) is 0.600. The molecule has 0 spiro atoms. The van der Waals surface area contributed by atoms with Crippen molar-refractivity contribution in [1.29, 1.82) is 0 Å². The first-order valence-electron chi connectivity index (χ1n) is 12.3. The lowest BCUT2D eigenvalue weighted by atomic mass is 9.89. The molecule has 1 saturated carbocycles. The summed E-state index contributed by atoms with van der Waals surface area (Å²) in [7, 11) is -1.61. The second-order valence-corrected chi connectivity index (χ2v) is 12.0. The molecule has 0 aliphatic heterocycles. The van der Waals surface area contributed by atoms with Gasteiger partial charge in [-0.2, -0.15) is 18.3 Å². The van der Waals surface area contributed by atoms with Crippen LogP contribution in [0.2, 0.25) is 0 Å². The third kappa shape index (κ3) is 6.77. The van der Waals surface area contributed by atoms with Gasteiger partial charge in [0.1, 0.15) is 21.6 Å². The third-order valence-corrected chi connectivity index (χ3v) is 8.67. The van der Waals surface area contributed by atoms with E-state index in [0.717, 1.165) is 19.8 Å². The quantitative estimate of drug-likeness (QED) is 0.479. The van der Waals surface area contributed by atoms with Crippen LogP contribution in [0, 0.1) is 12.8 Å². The van der Waals surface area contributed by atoms with Crippen LogP contribution in [0.25, 0.3) is 11.3 Å². The molecule has 1 aliphatic rings. The second kappa shape index (κ2) is 11.3. The molecule has 1 aliphatic carbocycles. The number of benzene rings is 1. The summed E-state index contributed by atoms with van der Waals surface area (Å²) in [4.78, 5) is 13.0. The standard InChI is InChI=1S/C25H35F3N4O4S/c1-6-32-23(20-12-9-18(13-21(20)36-4)30-16(3)25(26,27)28)15(2)22(31-32)24(33)29-14-17-7-10-19(11-8-17)37(5,34)35/h9,12-13,16-17,19,30H,6-8,10-11,14H2,1-5H3,(H,29,33)/t16-,17?,19?/m1/s1. The summed E-state index contributed by atoms with van der Waals surface area (Å²) < 4.78 is 69.6. The maximum Gasteiger partial charge on any atom is 0.408 e. The Kier molecular flexibility index (Phi) is 8.81. The average molecular weight is 545 g/mol. The van der Waals surface area contributed by atoms with E-state index >= 15 is 0 Å². The van der Waals surface area contributed by atoms with E-state index in [2.05, 4.69) is 15.7 Å². The highest BCUT2D eigenvalue weighted by Gasteiger charge is 2.36. The fourth-order valence-corrected chi connectivity index (χ4v) is 5.86. The van der Waals surface area contributed by atoms with Crippen LogP contribution in [-0.2, 0) is 16.4 Å². The van der Waals surface area contributed by atoms with Gasteiger partial charge >= 0.3 is 6.18 Å². The van der Waals surface area contributed by atoms with Crippen LogP contribution in [0.4, 0.5) is 18.9 Å². The van der Waals surface area contributed by atoms with Gasteiger partial charge in [-0.1, -0.05) is 0 Å². The lowest BCUT2D eigenvalue weighted by Crippen LogP contribution is -2.34. The lowest BCUT2D eigenvalue weighted by Gasteiger charge is -2.27. The predicted octanol–water partition coefficient (Wildman–Crippen LogP) is 4.58. The van der Waals surface area contributed by atoms with E-state index in [1.54, 1.807) is 23.7 Å². The van der Waals surface area contributed by atoms with Gasteiger partial charge in [0.25, 0.3) is 5.91 Å². The first kappa shape index (κ1) is 28.8. The van der Waals surface area contributed by atoms with E-state index < -0.39 is 22.1 Å². The maximum absolute atomic E-state index is 13.0. The fourth-order valence-electron chi connectivity index (χ4n) is 4.73. The second-order valence-electron chi connectivity index (χ2n) is 9.64. The predicted molar refractivity (Wildman–Crippen MR) is 137 cm³/mol. The number of carbonyl (C=O) groups excluding carboxylic acids is 1. The molecule has 1 fully saturated rings. The Morgan fingerprint density at radius 1 is 1.24 bits per heavy atom. The van der Waals surface area contributed by atoms with Crippen molar-refractivity contribution in [1.82, 2.24) is 15.1 Å². The van der Waals surface area contributed by atoms with Crippen molar-refractivity contribution in [3.8, 4) is 17.0 Å². The molecule has 0 saturated heterocycles. The number of aromatic nitrogens is 2. The first-order valence-corrected chi connectivity index (χ1v) is 14.3. The largest absolute Gasteiger partial charge is 0.496 e. The number of nitrogens with zero attached hydrogens (tertiary/aromatic N) is 2. The van der Waals surface area contributed by atoms with Crippen LogP contribution in [0.15, 0.2) is 18.2 Å². The molecule has 1 heterocycles. The number of aryl methyl sites for hydroxylation is 1. The highest BCUT2D eigenvalue weighted by atomic mass is 32.2. The van der Waals surface area contributed by atoms with Crippen LogP contribution in [-0.4, -0.2) is 61.5 Å². The highest BCUT2D eigenvalue weighted by molar-refractivity contribution is 7.91. The van der Waals surface area contributed by atoms with E-state index in [-0.39, 0.29) is 28.5 Å². The van der Waals surface area contributed by atoms with Crippen molar-refractivity contribution in [3.05, 3.63) is 29.5 Å². The Labute approximate surface area is 215 Å². The van der Waals surface area contributed by atoms with Crippen molar-refractivity contribution in [3.63, 3.8) is 0 Å². The molecule has 37 heavy (non-hydrogen) atoms. The van der Waals surface area contributed by atoms with E-state index in [0.29, 0.717) is 48.5 Å². The first-order chi connectivity index (χ1) is 17.3. The van der Waals surface area contributed by atoms with E-state index in [9.17, 15) is 26.4 Å². The minimum Gasteiger partial charge on any atom is -0.496 e. The summed E-state index contributed by atoms with van der Waals surface area (Å²) in [5, 5.41) is 9.57. The molecule has 1 atom stereocenters. The Bertz CT molecular complexity index is 1220. The molecule has 1 aromatic carbocycles. The van der Waals surface area contributed by atoms with Crippen LogP contribution in [0.1, 0.15) is 55.6 Å². The van der Waals surface area contributed by atoms with Crippen LogP contribution >= 0.6 is 0 Å². The maximum atomic E-state index is 13.0. The summed E-state index contributed by atoms with van der Waals surface area (Å²) in [6.45, 7) is 5.60. The zero-order chi connectivity index (χ0) is 27.5. The average Bonchev–Trinajstić information content (AvgIpc) is 3.17. The minimum absolute atomic E-state index is 0.203. The molecule has 1 amide bonds. The van der Waals surface area contributed by atoms with Crippen molar-refractivity contribution in [2.75, 3.05) is 25.2 Å². The molecular weight excluding hydrogens is 509 g/mol. The smallest absolute Gasteiger partial charge is 0.408 e. The number of rotatable bonds is 9. The Balaban J connectivity index is 1.78. The summed E-state index contributed by atoms with van der Waals surface area (Å²) in [6, 6.07) is 2.96. The number of amides is 1. The minimum atomic E-state index is -4.39. The van der Waals surface area contributed by atoms with E-state index in [4.69, 9.17) is 4.74 Å². The van der Waals surface area contributed by atoms with Gasteiger partial charge < -0.3 is 15.4 Å². The summed E-state index contributed by atoms with van der Waals surface area (Å²) >= 11 is 0. The molecule has 3 rings (SSSR count). The van der Waals surface area contributed by atoms with Crippen molar-refractivity contribution in [2.45, 2.75) is 70.5 Å². The topological polar surface area (TPSA) is 102 Å². The number of sulfone groups is 1. The number of nitrogens with one attached hydrogen (secondary N) is 2. The van der Waals surface area contributed by atoms with Gasteiger partial charge in [-0.25, -0.2) is 8.42 Å². The van der Waals surface area contributed by atoms with Gasteiger partial charge in [-0.3, -0.25) is 9.48 Å². The van der Waals surface area contributed by atoms with Crippen LogP contribution in [0.5, 0.6) is 5.75 Å². The van der Waals surface area contributed by atoms with Crippen LogP contribution in [0.3, 0.4) is 0 Å². The Morgan fingerprint density at radius 2 is 1.89 bits per heavy atom. The van der Waals surface area contributed by atoms with Gasteiger partial charge in [-0.05, 0) is 64.5 Å². The summed E-state index contributed by atoms with van der Waals surface area (Å²) in [5.41, 5.74) is 2.40. The highest BCUT2D eigenvalue weighted by Crippen LogP contribution is 2.36. The number of ether oxygens (including phenoxy) is 1. The number of halogens is 3. The third-order valence-electron chi connectivity index (χ3n) is 6.99. The molecule has 0 unspecified atom stereocenters. The van der Waals surface area contributed by atoms with Crippen molar-refractivity contribution in [2.24, 2.45) is 5.92 Å². The van der Waals surface area contributed by atoms with Gasteiger partial charge in [0.2, 0.25) is 0 Å². The molecule has 12 heteroatoms. The van der Waals surface area contributed by atoms with E-state index in [1.165, 1.54) is 19.4 Å². The van der Waals surface area contributed by atoms with Crippen molar-refractivity contribution < 1.29 is 31.1 Å². The number of methoxy groups -OCH3 is 1. The van der Waals surface area contributed by atoms with Crippen molar-refractivity contribution >= 4 is 21.4 Å². The zero-order valence-corrected chi connectivity index (χ0v) is 22.6. The Hall–Kier alpha value is -2.76. The molecule has 2 aromatic rings. The zero-order valence-electron chi connectivity index (χ0n) is 21.8. The number of carbonyl (C=O) groups is 1. The molecule has 8 nitrogen and oxygen atoms in total. The monoisotopic (exact) mass is 544 g/mol. The van der Waals surface area contributed by atoms with E-state index in [1.807, 2.05) is 6.92 Å². The van der Waals surface area contributed by atoms with Crippen LogP contribution < -0.4 is 15.4 Å². The SMILES string of the molecule is CCn1nc(C(=O)NCC2CCC(S(C)(=O)=O)CC2)c(C)c1-c1ccc(N[C@H](C)C(F)(F)F)cc1OC. The Morgan fingerprint density at radius 3 is 2.43 bits per heavy atom.